The van der Waals surface area contributed by atoms with Gasteiger partial charge in [0, 0.05) is 6.54 Å². The molecule has 16 heavy (non-hydrogen) atoms. The lowest BCUT2D eigenvalue weighted by atomic mass is 9.98. The van der Waals surface area contributed by atoms with Crippen molar-refractivity contribution in [3.05, 3.63) is 0 Å². The predicted octanol–water partition coefficient (Wildman–Crippen LogP) is 2.50. The third-order valence-electron chi connectivity index (χ3n) is 3.05. The Balaban J connectivity index is 2.00. The van der Waals surface area contributed by atoms with E-state index in [0.717, 1.165) is 25.8 Å². The van der Waals surface area contributed by atoms with Gasteiger partial charge in [0.05, 0.1) is 6.10 Å². The van der Waals surface area contributed by atoms with E-state index in [1.165, 1.54) is 19.3 Å². The van der Waals surface area contributed by atoms with Crippen LogP contribution in [0, 0.1) is 5.92 Å². The fourth-order valence-electron chi connectivity index (χ4n) is 1.98. The number of nitrogens with one attached hydrogen (secondary N) is 1. The number of carbonyl (C=O) groups is 1. The molecular formula is C13H25NO2. The summed E-state index contributed by atoms with van der Waals surface area (Å²) in [4.78, 5) is 11.4. The average molecular weight is 227 g/mol. The average Bonchev–Trinajstić information content (AvgIpc) is 2.27. The normalized spacial score (nSPS) is 17.7. The Hall–Kier alpha value is -0.570. The minimum atomic E-state index is 0.0335. The summed E-state index contributed by atoms with van der Waals surface area (Å²) < 4.78 is 5.59. The summed E-state index contributed by atoms with van der Waals surface area (Å²) in [5, 5.41) is 2.89. The van der Waals surface area contributed by atoms with Crippen LogP contribution < -0.4 is 5.32 Å². The first kappa shape index (κ1) is 13.5. The van der Waals surface area contributed by atoms with Crippen LogP contribution in [0.1, 0.15) is 52.4 Å². The van der Waals surface area contributed by atoms with Gasteiger partial charge in [-0.25, -0.2) is 0 Å². The Kier molecular flexibility index (Phi) is 6.46. The topological polar surface area (TPSA) is 38.3 Å². The molecule has 1 rings (SSSR count). The molecule has 1 amide bonds. The molecule has 0 aromatic heterocycles. The van der Waals surface area contributed by atoms with Crippen LogP contribution in [0.3, 0.4) is 0 Å². The summed E-state index contributed by atoms with van der Waals surface area (Å²) in [5.74, 6) is 0.672. The van der Waals surface area contributed by atoms with E-state index in [1.807, 2.05) is 0 Å². The second-order valence-corrected chi connectivity index (χ2v) is 5.10. The van der Waals surface area contributed by atoms with Crippen LogP contribution >= 0.6 is 0 Å². The number of rotatable bonds is 6. The molecule has 0 aromatic rings. The van der Waals surface area contributed by atoms with E-state index in [9.17, 15) is 4.79 Å². The second kappa shape index (κ2) is 7.66. The van der Waals surface area contributed by atoms with Gasteiger partial charge >= 0.3 is 0 Å². The summed E-state index contributed by atoms with van der Waals surface area (Å²) in [7, 11) is 0. The van der Waals surface area contributed by atoms with Gasteiger partial charge in [-0.1, -0.05) is 33.1 Å². The molecule has 0 saturated heterocycles. The van der Waals surface area contributed by atoms with Crippen LogP contribution in [0.4, 0.5) is 0 Å². The third-order valence-corrected chi connectivity index (χ3v) is 3.05. The highest BCUT2D eigenvalue weighted by molar-refractivity contribution is 5.77. The number of hydrogen-bond donors (Lipinski definition) is 1. The largest absolute Gasteiger partial charge is 0.368 e. The maximum absolute atomic E-state index is 11.4. The van der Waals surface area contributed by atoms with E-state index in [-0.39, 0.29) is 12.5 Å². The van der Waals surface area contributed by atoms with E-state index < -0.39 is 0 Å². The van der Waals surface area contributed by atoms with Crippen molar-refractivity contribution >= 4 is 5.91 Å². The van der Waals surface area contributed by atoms with Crippen molar-refractivity contribution in [3.8, 4) is 0 Å². The SMILES string of the molecule is CC(C)CCNC(=O)COC1CCCCC1. The predicted molar refractivity (Wildman–Crippen MR) is 65.3 cm³/mol. The molecule has 0 bridgehead atoms. The molecule has 94 valence electrons. The van der Waals surface area contributed by atoms with Crippen molar-refractivity contribution in [2.24, 2.45) is 5.92 Å². The molecule has 0 aliphatic heterocycles. The highest BCUT2D eigenvalue weighted by Crippen LogP contribution is 2.19. The fraction of sp³-hybridized carbons (Fsp3) is 0.923. The molecule has 1 N–H and O–H groups in total. The first-order valence-electron chi connectivity index (χ1n) is 6.57. The lowest BCUT2D eigenvalue weighted by Gasteiger charge is -2.21. The molecule has 0 spiro atoms. The van der Waals surface area contributed by atoms with Gasteiger partial charge in [-0.2, -0.15) is 0 Å². The molecule has 0 heterocycles. The Morgan fingerprint density at radius 3 is 2.62 bits per heavy atom. The van der Waals surface area contributed by atoms with E-state index in [4.69, 9.17) is 4.74 Å². The Morgan fingerprint density at radius 2 is 2.00 bits per heavy atom. The highest BCUT2D eigenvalue weighted by atomic mass is 16.5. The zero-order valence-electron chi connectivity index (χ0n) is 10.6. The van der Waals surface area contributed by atoms with Crippen LogP contribution in [-0.2, 0) is 9.53 Å². The van der Waals surface area contributed by atoms with Gasteiger partial charge in [-0.15, -0.1) is 0 Å². The summed E-state index contributed by atoms with van der Waals surface area (Å²) in [6, 6.07) is 0. The van der Waals surface area contributed by atoms with Gasteiger partial charge in [0.15, 0.2) is 0 Å². The first-order chi connectivity index (χ1) is 7.68. The molecule has 3 heteroatoms. The lowest BCUT2D eigenvalue weighted by Crippen LogP contribution is -2.31. The number of ether oxygens (including phenoxy) is 1. The van der Waals surface area contributed by atoms with Crippen LogP contribution in [0.5, 0.6) is 0 Å². The van der Waals surface area contributed by atoms with E-state index >= 15 is 0 Å². The van der Waals surface area contributed by atoms with Gasteiger partial charge in [-0.05, 0) is 25.2 Å². The Morgan fingerprint density at radius 1 is 1.31 bits per heavy atom. The standard InChI is InChI=1S/C13H25NO2/c1-11(2)8-9-14-13(15)10-16-12-6-4-3-5-7-12/h11-12H,3-10H2,1-2H3,(H,14,15). The van der Waals surface area contributed by atoms with Crippen LogP contribution in [0.2, 0.25) is 0 Å². The van der Waals surface area contributed by atoms with Gasteiger partial charge in [-0.3, -0.25) is 4.79 Å². The molecule has 1 fully saturated rings. The minimum absolute atomic E-state index is 0.0335. The molecular weight excluding hydrogens is 202 g/mol. The van der Waals surface area contributed by atoms with Crippen LogP contribution in [-0.4, -0.2) is 25.2 Å². The lowest BCUT2D eigenvalue weighted by molar-refractivity contribution is -0.128. The summed E-state index contributed by atoms with van der Waals surface area (Å²) in [6.07, 6.45) is 7.43. The number of carbonyl (C=O) groups excluding carboxylic acids is 1. The molecule has 0 radical (unpaired) electrons. The van der Waals surface area contributed by atoms with Gasteiger partial charge < -0.3 is 10.1 Å². The van der Waals surface area contributed by atoms with Crippen molar-refractivity contribution in [3.63, 3.8) is 0 Å². The molecule has 1 aliphatic carbocycles. The molecule has 0 aromatic carbocycles. The highest BCUT2D eigenvalue weighted by Gasteiger charge is 2.14. The van der Waals surface area contributed by atoms with Gasteiger partial charge in [0.2, 0.25) is 5.91 Å². The zero-order chi connectivity index (χ0) is 11.8. The van der Waals surface area contributed by atoms with Gasteiger partial charge in [0.1, 0.15) is 6.61 Å². The summed E-state index contributed by atoms with van der Waals surface area (Å²) >= 11 is 0. The molecule has 1 saturated carbocycles. The fourth-order valence-corrected chi connectivity index (χ4v) is 1.98. The van der Waals surface area contributed by atoms with Crippen LogP contribution in [0.25, 0.3) is 0 Å². The Bertz CT molecular complexity index is 198. The second-order valence-electron chi connectivity index (χ2n) is 5.10. The van der Waals surface area contributed by atoms with E-state index in [2.05, 4.69) is 19.2 Å². The summed E-state index contributed by atoms with van der Waals surface area (Å²) in [6.45, 7) is 5.32. The maximum atomic E-state index is 11.4. The quantitative estimate of drug-likeness (QED) is 0.757. The van der Waals surface area contributed by atoms with Crippen LogP contribution in [0.15, 0.2) is 0 Å². The van der Waals surface area contributed by atoms with Crippen molar-refractivity contribution in [1.29, 1.82) is 0 Å². The summed E-state index contributed by atoms with van der Waals surface area (Å²) in [5.41, 5.74) is 0. The first-order valence-corrected chi connectivity index (χ1v) is 6.57. The van der Waals surface area contributed by atoms with Crippen molar-refractivity contribution in [2.75, 3.05) is 13.2 Å². The molecule has 0 unspecified atom stereocenters. The van der Waals surface area contributed by atoms with E-state index in [1.54, 1.807) is 0 Å². The van der Waals surface area contributed by atoms with Crippen molar-refractivity contribution in [2.45, 2.75) is 58.5 Å². The number of hydrogen-bond acceptors (Lipinski definition) is 2. The third kappa shape index (κ3) is 6.11. The van der Waals surface area contributed by atoms with Crippen molar-refractivity contribution in [1.82, 2.24) is 5.32 Å². The molecule has 3 nitrogen and oxygen atoms in total. The minimum Gasteiger partial charge on any atom is -0.368 e. The zero-order valence-corrected chi connectivity index (χ0v) is 10.6. The van der Waals surface area contributed by atoms with Gasteiger partial charge in [0.25, 0.3) is 0 Å². The smallest absolute Gasteiger partial charge is 0.246 e. The number of amides is 1. The monoisotopic (exact) mass is 227 g/mol. The maximum Gasteiger partial charge on any atom is 0.246 e. The van der Waals surface area contributed by atoms with Crippen molar-refractivity contribution < 1.29 is 9.53 Å². The Labute approximate surface area is 98.9 Å². The van der Waals surface area contributed by atoms with E-state index in [0.29, 0.717) is 12.0 Å². The molecule has 1 aliphatic rings. The molecule has 0 atom stereocenters.